The van der Waals surface area contributed by atoms with Crippen molar-refractivity contribution in [3.63, 3.8) is 0 Å². The molecule has 0 saturated heterocycles. The summed E-state index contributed by atoms with van der Waals surface area (Å²) in [7, 11) is 0. The largest absolute Gasteiger partial charge is 0.343 e. The van der Waals surface area contributed by atoms with Crippen LogP contribution < -0.4 is 0 Å². The first-order valence-electron chi connectivity index (χ1n) is 5.91. The minimum absolute atomic E-state index is 0.975. The van der Waals surface area contributed by atoms with E-state index in [2.05, 4.69) is 47.2 Å². The minimum atomic E-state index is 0.975. The molecule has 2 nitrogen and oxygen atoms in total. The van der Waals surface area contributed by atoms with E-state index in [9.17, 15) is 0 Å². The van der Waals surface area contributed by atoms with Crippen LogP contribution in [-0.2, 0) is 6.42 Å². The number of fused-ring (bicyclic) bond motifs is 1. The lowest BCUT2D eigenvalue weighted by molar-refractivity contribution is 1.07. The van der Waals surface area contributed by atoms with Crippen molar-refractivity contribution in [3.8, 4) is 11.1 Å². The lowest BCUT2D eigenvalue weighted by Gasteiger charge is -2.02. The normalized spacial score (nSPS) is 10.9. The van der Waals surface area contributed by atoms with Crippen LogP contribution in [0, 0.1) is 0 Å². The van der Waals surface area contributed by atoms with Crippen molar-refractivity contribution in [2.75, 3.05) is 0 Å². The molecule has 3 rings (SSSR count). The van der Waals surface area contributed by atoms with E-state index in [-0.39, 0.29) is 0 Å². The number of hydrogen-bond donors (Lipinski definition) is 1. The minimum Gasteiger partial charge on any atom is -0.343 e. The van der Waals surface area contributed by atoms with Crippen molar-refractivity contribution in [2.45, 2.75) is 13.3 Å². The van der Waals surface area contributed by atoms with E-state index in [1.54, 1.807) is 0 Å². The fraction of sp³-hybridized carbons (Fsp3) is 0.133. The lowest BCUT2D eigenvalue weighted by Crippen LogP contribution is -1.84. The molecule has 3 aromatic rings. The quantitative estimate of drug-likeness (QED) is 0.702. The van der Waals surface area contributed by atoms with Crippen LogP contribution in [0.4, 0.5) is 0 Å². The number of nitrogens with zero attached hydrogens (tertiary/aromatic N) is 1. The highest BCUT2D eigenvalue weighted by atomic mass is 14.9. The number of pyridine rings is 1. The second-order valence-electron chi connectivity index (χ2n) is 4.10. The molecular weight excluding hydrogens is 208 g/mol. The number of aromatic nitrogens is 2. The Bertz CT molecular complexity index is 638. The van der Waals surface area contributed by atoms with Crippen molar-refractivity contribution in [3.05, 3.63) is 54.4 Å². The summed E-state index contributed by atoms with van der Waals surface area (Å²) in [5, 5.41) is 1.20. The van der Waals surface area contributed by atoms with Crippen LogP contribution in [0.1, 0.15) is 12.6 Å². The molecule has 1 aromatic carbocycles. The topological polar surface area (TPSA) is 28.7 Å². The van der Waals surface area contributed by atoms with E-state index < -0.39 is 0 Å². The van der Waals surface area contributed by atoms with Crippen molar-refractivity contribution >= 4 is 11.0 Å². The molecule has 0 aliphatic rings. The maximum Gasteiger partial charge on any atom is 0.138 e. The number of nitrogens with one attached hydrogen (secondary N) is 1. The smallest absolute Gasteiger partial charge is 0.138 e. The van der Waals surface area contributed by atoms with Crippen molar-refractivity contribution in [1.82, 2.24) is 9.97 Å². The van der Waals surface area contributed by atoms with Crippen LogP contribution in [0.5, 0.6) is 0 Å². The summed E-state index contributed by atoms with van der Waals surface area (Å²) < 4.78 is 0. The van der Waals surface area contributed by atoms with Gasteiger partial charge in [0.1, 0.15) is 5.65 Å². The molecule has 0 saturated carbocycles. The van der Waals surface area contributed by atoms with Gasteiger partial charge in [-0.3, -0.25) is 0 Å². The molecule has 0 bridgehead atoms. The molecule has 0 fully saturated rings. The van der Waals surface area contributed by atoms with E-state index in [1.807, 2.05) is 18.3 Å². The first-order valence-corrected chi connectivity index (χ1v) is 5.91. The monoisotopic (exact) mass is 222 g/mol. The van der Waals surface area contributed by atoms with Crippen LogP contribution in [-0.4, -0.2) is 9.97 Å². The second kappa shape index (κ2) is 4.06. The van der Waals surface area contributed by atoms with Crippen molar-refractivity contribution in [2.24, 2.45) is 0 Å². The fourth-order valence-corrected chi connectivity index (χ4v) is 2.27. The third-order valence-corrected chi connectivity index (χ3v) is 3.06. The third-order valence-electron chi connectivity index (χ3n) is 3.06. The molecule has 2 heterocycles. The van der Waals surface area contributed by atoms with Gasteiger partial charge >= 0.3 is 0 Å². The number of H-pyrrole nitrogens is 1. The maximum atomic E-state index is 4.38. The van der Waals surface area contributed by atoms with Crippen LogP contribution >= 0.6 is 0 Å². The Labute approximate surface area is 100 Å². The molecule has 0 aliphatic carbocycles. The molecule has 0 amide bonds. The lowest BCUT2D eigenvalue weighted by atomic mass is 10.0. The fourth-order valence-electron chi connectivity index (χ4n) is 2.27. The molecule has 0 spiro atoms. The van der Waals surface area contributed by atoms with Gasteiger partial charge in [0.15, 0.2) is 0 Å². The van der Waals surface area contributed by atoms with Crippen molar-refractivity contribution < 1.29 is 0 Å². The molecule has 84 valence electrons. The Morgan fingerprint density at radius 2 is 1.88 bits per heavy atom. The SMILES string of the molecule is CCc1[nH]c2ncccc2c1-c1ccccc1. The molecule has 0 radical (unpaired) electrons. The summed E-state index contributed by atoms with van der Waals surface area (Å²) in [6.45, 7) is 2.16. The zero-order valence-corrected chi connectivity index (χ0v) is 9.77. The van der Waals surface area contributed by atoms with Gasteiger partial charge in [0, 0.05) is 22.8 Å². The Morgan fingerprint density at radius 1 is 1.06 bits per heavy atom. The van der Waals surface area contributed by atoms with Gasteiger partial charge in [0.2, 0.25) is 0 Å². The van der Waals surface area contributed by atoms with Crippen LogP contribution in [0.15, 0.2) is 48.7 Å². The first kappa shape index (κ1) is 10.1. The Morgan fingerprint density at radius 3 is 2.65 bits per heavy atom. The zero-order valence-electron chi connectivity index (χ0n) is 9.77. The van der Waals surface area contributed by atoms with Gasteiger partial charge in [0.25, 0.3) is 0 Å². The van der Waals surface area contributed by atoms with E-state index in [1.165, 1.54) is 22.2 Å². The molecule has 17 heavy (non-hydrogen) atoms. The maximum absolute atomic E-state index is 4.38. The van der Waals surface area contributed by atoms with Gasteiger partial charge in [-0.05, 0) is 24.1 Å². The highest BCUT2D eigenvalue weighted by Gasteiger charge is 2.11. The molecule has 2 aromatic heterocycles. The summed E-state index contributed by atoms with van der Waals surface area (Å²) in [6.07, 6.45) is 2.81. The third kappa shape index (κ3) is 1.62. The predicted octanol–water partition coefficient (Wildman–Crippen LogP) is 3.79. The molecule has 1 N–H and O–H groups in total. The van der Waals surface area contributed by atoms with E-state index >= 15 is 0 Å². The predicted molar refractivity (Wildman–Crippen MR) is 70.9 cm³/mol. The second-order valence-corrected chi connectivity index (χ2v) is 4.10. The van der Waals surface area contributed by atoms with E-state index in [4.69, 9.17) is 0 Å². The number of aromatic amines is 1. The van der Waals surface area contributed by atoms with Gasteiger partial charge in [-0.2, -0.15) is 0 Å². The van der Waals surface area contributed by atoms with Gasteiger partial charge in [-0.1, -0.05) is 37.3 Å². The Kier molecular flexibility index (Phi) is 2.41. The molecule has 0 atom stereocenters. The number of rotatable bonds is 2. The highest BCUT2D eigenvalue weighted by Crippen LogP contribution is 2.31. The highest BCUT2D eigenvalue weighted by molar-refractivity contribution is 5.95. The van der Waals surface area contributed by atoms with Gasteiger partial charge in [0.05, 0.1) is 0 Å². The molecule has 2 heteroatoms. The number of aryl methyl sites for hydroxylation is 1. The van der Waals surface area contributed by atoms with Gasteiger partial charge < -0.3 is 4.98 Å². The number of hydrogen-bond acceptors (Lipinski definition) is 1. The Hall–Kier alpha value is -2.09. The zero-order chi connectivity index (χ0) is 11.7. The summed E-state index contributed by atoms with van der Waals surface area (Å²) in [5.74, 6) is 0. The summed E-state index contributed by atoms with van der Waals surface area (Å²) >= 11 is 0. The van der Waals surface area contributed by atoms with Crippen molar-refractivity contribution in [1.29, 1.82) is 0 Å². The standard InChI is InChI=1S/C15H14N2/c1-2-13-14(11-7-4-3-5-8-11)12-9-6-10-16-15(12)17-13/h3-10H,2H2,1H3,(H,16,17). The van der Waals surface area contributed by atoms with Crippen LogP contribution in [0.2, 0.25) is 0 Å². The summed E-state index contributed by atoms with van der Waals surface area (Å²) in [4.78, 5) is 7.78. The average molecular weight is 222 g/mol. The molecule has 0 aliphatic heterocycles. The van der Waals surface area contributed by atoms with Gasteiger partial charge in [-0.15, -0.1) is 0 Å². The summed E-state index contributed by atoms with van der Waals surface area (Å²) in [6, 6.07) is 14.6. The first-order chi connectivity index (χ1) is 8.40. The Balaban J connectivity index is 2.34. The summed E-state index contributed by atoms with van der Waals surface area (Å²) in [5.41, 5.74) is 4.77. The molecular formula is C15H14N2. The van der Waals surface area contributed by atoms with Crippen LogP contribution in [0.3, 0.4) is 0 Å². The van der Waals surface area contributed by atoms with E-state index in [0.29, 0.717) is 0 Å². The molecule has 0 unspecified atom stereocenters. The van der Waals surface area contributed by atoms with E-state index in [0.717, 1.165) is 12.1 Å². The average Bonchev–Trinajstić information content (AvgIpc) is 2.78. The number of benzene rings is 1. The van der Waals surface area contributed by atoms with Gasteiger partial charge in [-0.25, -0.2) is 4.98 Å². The van der Waals surface area contributed by atoms with Crippen LogP contribution in [0.25, 0.3) is 22.2 Å².